The highest BCUT2D eigenvalue weighted by Crippen LogP contribution is 2.37. The molecule has 1 N–H and O–H groups in total. The van der Waals surface area contributed by atoms with Crippen molar-refractivity contribution >= 4 is 29.5 Å². The van der Waals surface area contributed by atoms with Gasteiger partial charge in [0.15, 0.2) is 23.3 Å². The van der Waals surface area contributed by atoms with Crippen LogP contribution in [0.15, 0.2) is 60.7 Å². The maximum Gasteiger partial charge on any atom is 0.185 e. The quantitative estimate of drug-likeness (QED) is 0.419. The lowest BCUT2D eigenvalue weighted by molar-refractivity contribution is 0.469. The molecular formula is C19H14F4NP. The zero-order valence-electron chi connectivity index (χ0n) is 13.2. The standard InChI is InChI=1S/C19H14F4NP/c1-24-18-14(20)16(22)19(17(23)15(18)21)25(12-8-4-2-5-9-12)13-10-6-3-7-11-13/h2-11,24H,1H3. The predicted molar refractivity (Wildman–Crippen MR) is 94.5 cm³/mol. The first-order chi connectivity index (χ1) is 12.1. The Labute approximate surface area is 144 Å². The summed E-state index contributed by atoms with van der Waals surface area (Å²) in [5, 5.41) is 2.78. The SMILES string of the molecule is CNc1c(F)c(F)c(P(c2ccccc2)c2ccccc2)c(F)c1F. The summed E-state index contributed by atoms with van der Waals surface area (Å²) in [4.78, 5) is 0. The Morgan fingerprint density at radius 2 is 1.04 bits per heavy atom. The lowest BCUT2D eigenvalue weighted by Gasteiger charge is -2.22. The summed E-state index contributed by atoms with van der Waals surface area (Å²) in [7, 11) is -0.590. The van der Waals surface area contributed by atoms with Gasteiger partial charge in [-0.1, -0.05) is 60.7 Å². The van der Waals surface area contributed by atoms with Crippen LogP contribution in [0.4, 0.5) is 23.2 Å². The second-order valence-electron chi connectivity index (χ2n) is 5.24. The van der Waals surface area contributed by atoms with Gasteiger partial charge in [0.25, 0.3) is 0 Å². The lowest BCUT2D eigenvalue weighted by Crippen LogP contribution is -2.28. The van der Waals surface area contributed by atoms with Crippen molar-refractivity contribution in [3.05, 3.63) is 83.9 Å². The molecule has 0 radical (unpaired) electrons. The van der Waals surface area contributed by atoms with Gasteiger partial charge in [-0.05, 0) is 18.5 Å². The highest BCUT2D eigenvalue weighted by molar-refractivity contribution is 7.79. The average Bonchev–Trinajstić information content (AvgIpc) is 2.65. The van der Waals surface area contributed by atoms with E-state index in [0.717, 1.165) is 0 Å². The Bertz CT molecular complexity index is 816. The third-order valence-corrected chi connectivity index (χ3v) is 6.21. The van der Waals surface area contributed by atoms with Crippen LogP contribution in [-0.2, 0) is 0 Å². The third-order valence-electron chi connectivity index (χ3n) is 3.74. The Hall–Kier alpha value is -2.39. The molecule has 0 bridgehead atoms. The summed E-state index contributed by atoms with van der Waals surface area (Å²) in [6.45, 7) is 0. The third kappa shape index (κ3) is 3.12. The van der Waals surface area contributed by atoms with Crippen LogP contribution in [0, 0.1) is 23.3 Å². The molecule has 0 aliphatic rings. The zero-order valence-corrected chi connectivity index (χ0v) is 14.1. The van der Waals surface area contributed by atoms with Crippen LogP contribution in [0.1, 0.15) is 0 Å². The number of anilines is 1. The molecule has 0 aromatic heterocycles. The zero-order chi connectivity index (χ0) is 18.0. The van der Waals surface area contributed by atoms with Crippen molar-refractivity contribution in [2.24, 2.45) is 0 Å². The van der Waals surface area contributed by atoms with Crippen LogP contribution in [0.2, 0.25) is 0 Å². The maximum absolute atomic E-state index is 14.7. The molecule has 0 saturated carbocycles. The van der Waals surface area contributed by atoms with Crippen molar-refractivity contribution in [3.63, 3.8) is 0 Å². The minimum absolute atomic E-state index is 0.582. The molecular weight excluding hydrogens is 349 g/mol. The number of hydrogen-bond donors (Lipinski definition) is 1. The lowest BCUT2D eigenvalue weighted by atomic mass is 10.2. The molecule has 1 nitrogen and oxygen atoms in total. The Balaban J connectivity index is 2.32. The molecule has 3 rings (SSSR count). The average molecular weight is 363 g/mol. The van der Waals surface area contributed by atoms with Gasteiger partial charge in [-0.2, -0.15) is 0 Å². The molecule has 0 heterocycles. The largest absolute Gasteiger partial charge is 0.383 e. The van der Waals surface area contributed by atoms with Gasteiger partial charge in [0.2, 0.25) is 0 Å². The van der Waals surface area contributed by atoms with E-state index in [0.29, 0.717) is 10.6 Å². The first-order valence-electron chi connectivity index (χ1n) is 7.50. The van der Waals surface area contributed by atoms with Gasteiger partial charge in [-0.15, -0.1) is 0 Å². The van der Waals surface area contributed by atoms with E-state index in [1.165, 1.54) is 7.05 Å². The molecule has 3 aromatic rings. The summed E-state index contributed by atoms with van der Waals surface area (Å²) < 4.78 is 57.9. The first kappa shape index (κ1) is 17.4. The fourth-order valence-electron chi connectivity index (χ4n) is 2.60. The van der Waals surface area contributed by atoms with E-state index in [4.69, 9.17) is 0 Å². The molecule has 0 saturated heterocycles. The van der Waals surface area contributed by atoms with Crippen LogP contribution in [0.25, 0.3) is 0 Å². The van der Waals surface area contributed by atoms with Gasteiger partial charge >= 0.3 is 0 Å². The minimum atomic E-state index is -1.80. The van der Waals surface area contributed by atoms with E-state index in [9.17, 15) is 17.6 Å². The summed E-state index contributed by atoms with van der Waals surface area (Å²) in [6, 6.07) is 17.2. The molecule has 0 atom stereocenters. The molecule has 0 aliphatic carbocycles. The van der Waals surface area contributed by atoms with Crippen molar-refractivity contribution in [3.8, 4) is 0 Å². The number of hydrogen-bond acceptors (Lipinski definition) is 1. The van der Waals surface area contributed by atoms with Crippen molar-refractivity contribution in [1.29, 1.82) is 0 Å². The highest BCUT2D eigenvalue weighted by Gasteiger charge is 2.31. The Morgan fingerprint density at radius 3 is 1.40 bits per heavy atom. The molecule has 0 unspecified atom stereocenters. The van der Waals surface area contributed by atoms with E-state index in [1.807, 2.05) is 0 Å². The number of nitrogens with one attached hydrogen (secondary N) is 1. The van der Waals surface area contributed by atoms with Crippen molar-refractivity contribution in [2.45, 2.75) is 0 Å². The van der Waals surface area contributed by atoms with E-state index in [1.54, 1.807) is 60.7 Å². The monoisotopic (exact) mass is 363 g/mol. The Kier molecular flexibility index (Phi) is 5.05. The second-order valence-corrected chi connectivity index (χ2v) is 7.39. The van der Waals surface area contributed by atoms with Gasteiger partial charge in [0, 0.05) is 7.05 Å². The minimum Gasteiger partial charge on any atom is -0.383 e. The predicted octanol–water partition coefficient (Wildman–Crippen LogP) is 4.04. The fourth-order valence-corrected chi connectivity index (χ4v) is 4.94. The highest BCUT2D eigenvalue weighted by atomic mass is 31.1. The van der Waals surface area contributed by atoms with Crippen molar-refractivity contribution < 1.29 is 17.6 Å². The van der Waals surface area contributed by atoms with Gasteiger partial charge < -0.3 is 5.32 Å². The van der Waals surface area contributed by atoms with E-state index < -0.39 is 42.2 Å². The Morgan fingerprint density at radius 1 is 0.640 bits per heavy atom. The molecule has 0 aliphatic heterocycles. The molecule has 128 valence electrons. The van der Waals surface area contributed by atoms with Gasteiger partial charge in [-0.3, -0.25) is 0 Å². The van der Waals surface area contributed by atoms with Crippen LogP contribution >= 0.6 is 7.92 Å². The maximum atomic E-state index is 14.7. The molecule has 0 spiro atoms. The fraction of sp³-hybridized carbons (Fsp3) is 0.0526. The van der Waals surface area contributed by atoms with Crippen molar-refractivity contribution in [1.82, 2.24) is 0 Å². The normalized spacial score (nSPS) is 11.0. The molecule has 0 amide bonds. The number of benzene rings is 3. The van der Waals surface area contributed by atoms with E-state index >= 15 is 0 Å². The number of halogens is 4. The van der Waals surface area contributed by atoms with Crippen LogP contribution in [0.5, 0.6) is 0 Å². The second kappa shape index (κ2) is 7.24. The van der Waals surface area contributed by atoms with Crippen LogP contribution in [-0.4, -0.2) is 7.05 Å². The van der Waals surface area contributed by atoms with Gasteiger partial charge in [0.05, 0.1) is 5.30 Å². The molecule has 0 fully saturated rings. The first-order valence-corrected chi connectivity index (χ1v) is 8.84. The van der Waals surface area contributed by atoms with E-state index in [-0.39, 0.29) is 0 Å². The van der Waals surface area contributed by atoms with Crippen molar-refractivity contribution in [2.75, 3.05) is 12.4 Å². The smallest absolute Gasteiger partial charge is 0.185 e. The summed E-state index contributed by atoms with van der Waals surface area (Å²) >= 11 is 0. The van der Waals surface area contributed by atoms with Crippen LogP contribution < -0.4 is 21.2 Å². The molecule has 25 heavy (non-hydrogen) atoms. The summed E-state index contributed by atoms with van der Waals surface area (Å²) in [6.07, 6.45) is 0. The van der Waals surface area contributed by atoms with Gasteiger partial charge in [-0.25, -0.2) is 17.6 Å². The summed E-state index contributed by atoms with van der Waals surface area (Å²) in [5.41, 5.74) is -0.810. The number of rotatable bonds is 4. The summed E-state index contributed by atoms with van der Waals surface area (Å²) in [5.74, 6) is -5.59. The molecule has 3 aromatic carbocycles. The van der Waals surface area contributed by atoms with Gasteiger partial charge in [0.1, 0.15) is 5.69 Å². The van der Waals surface area contributed by atoms with Crippen LogP contribution in [0.3, 0.4) is 0 Å². The molecule has 6 heteroatoms. The topological polar surface area (TPSA) is 12.0 Å². The van der Waals surface area contributed by atoms with E-state index in [2.05, 4.69) is 5.32 Å².